The topological polar surface area (TPSA) is 43.4 Å². The third-order valence-corrected chi connectivity index (χ3v) is 4.29. The number of halogens is 1. The number of hydrogen-bond donors (Lipinski definition) is 1. The number of ether oxygens (including phenoxy) is 2. The zero-order valence-corrected chi connectivity index (χ0v) is 14.5. The molecule has 0 aliphatic rings. The van der Waals surface area contributed by atoms with Crippen molar-refractivity contribution in [1.82, 2.24) is 4.98 Å². The molecule has 0 atom stereocenters. The summed E-state index contributed by atoms with van der Waals surface area (Å²) in [6.45, 7) is 0.694. The number of rotatable bonds is 6. The molecule has 0 saturated heterocycles. The van der Waals surface area contributed by atoms with Gasteiger partial charge in [0, 0.05) is 11.4 Å². The van der Waals surface area contributed by atoms with Gasteiger partial charge in [0.1, 0.15) is 4.60 Å². The Morgan fingerprint density at radius 3 is 2.48 bits per heavy atom. The van der Waals surface area contributed by atoms with Crippen LogP contribution >= 0.6 is 27.7 Å². The number of thioether (sulfide) groups is 1. The van der Waals surface area contributed by atoms with Crippen molar-refractivity contribution < 1.29 is 9.47 Å². The molecular formula is C15H17BrN2O2S. The van der Waals surface area contributed by atoms with Crippen LogP contribution < -0.4 is 14.8 Å². The maximum Gasteiger partial charge on any atom is 0.161 e. The van der Waals surface area contributed by atoms with Crippen molar-refractivity contribution in [3.8, 4) is 11.5 Å². The van der Waals surface area contributed by atoms with Crippen molar-refractivity contribution in [3.63, 3.8) is 0 Å². The maximum atomic E-state index is 5.36. The predicted molar refractivity (Wildman–Crippen MR) is 90.6 cm³/mol. The second kappa shape index (κ2) is 7.56. The fourth-order valence-electron chi connectivity index (χ4n) is 1.91. The van der Waals surface area contributed by atoms with Gasteiger partial charge in [0.15, 0.2) is 11.5 Å². The fraction of sp³-hybridized carbons (Fsp3) is 0.267. The van der Waals surface area contributed by atoms with Crippen LogP contribution in [0.5, 0.6) is 11.5 Å². The summed E-state index contributed by atoms with van der Waals surface area (Å²) in [5.74, 6) is 1.48. The molecular weight excluding hydrogens is 352 g/mol. The van der Waals surface area contributed by atoms with E-state index in [0.29, 0.717) is 6.54 Å². The molecule has 1 heterocycles. The van der Waals surface area contributed by atoms with E-state index in [1.54, 1.807) is 32.2 Å². The van der Waals surface area contributed by atoms with Crippen LogP contribution in [0.3, 0.4) is 0 Å². The van der Waals surface area contributed by atoms with E-state index < -0.39 is 0 Å². The Hall–Kier alpha value is -1.40. The minimum Gasteiger partial charge on any atom is -0.493 e. The van der Waals surface area contributed by atoms with Crippen LogP contribution in [-0.4, -0.2) is 25.5 Å². The van der Waals surface area contributed by atoms with Crippen LogP contribution in [-0.2, 0) is 6.54 Å². The van der Waals surface area contributed by atoms with Gasteiger partial charge in [-0.05, 0) is 52.0 Å². The van der Waals surface area contributed by atoms with Gasteiger partial charge in [0.2, 0.25) is 0 Å². The van der Waals surface area contributed by atoms with E-state index in [4.69, 9.17) is 9.47 Å². The average Bonchev–Trinajstić information content (AvgIpc) is 2.53. The lowest BCUT2D eigenvalue weighted by atomic mass is 10.2. The molecule has 2 rings (SSSR count). The lowest BCUT2D eigenvalue weighted by molar-refractivity contribution is 0.353. The molecule has 0 radical (unpaired) electrons. The highest BCUT2D eigenvalue weighted by molar-refractivity contribution is 9.10. The normalized spacial score (nSPS) is 10.3. The number of nitrogens with zero attached hydrogens (tertiary/aromatic N) is 1. The van der Waals surface area contributed by atoms with Crippen LogP contribution in [0.15, 0.2) is 40.0 Å². The SMILES string of the molecule is COc1cc(CNc2ccc(Br)nc2)c(SC)cc1OC. The van der Waals surface area contributed by atoms with E-state index in [2.05, 4.69) is 26.2 Å². The third-order valence-electron chi connectivity index (χ3n) is 3.00. The summed E-state index contributed by atoms with van der Waals surface area (Å²) in [5.41, 5.74) is 2.13. The molecule has 1 aromatic heterocycles. The number of methoxy groups -OCH3 is 2. The van der Waals surface area contributed by atoms with Crippen LogP contribution in [0.2, 0.25) is 0 Å². The Balaban J connectivity index is 2.20. The molecule has 21 heavy (non-hydrogen) atoms. The number of benzene rings is 1. The first-order chi connectivity index (χ1) is 10.2. The zero-order valence-electron chi connectivity index (χ0n) is 12.1. The molecule has 0 fully saturated rings. The highest BCUT2D eigenvalue weighted by atomic mass is 79.9. The number of nitrogens with one attached hydrogen (secondary N) is 1. The smallest absolute Gasteiger partial charge is 0.161 e. The van der Waals surface area contributed by atoms with E-state index in [0.717, 1.165) is 32.2 Å². The van der Waals surface area contributed by atoms with Gasteiger partial charge in [0.05, 0.1) is 26.1 Å². The van der Waals surface area contributed by atoms with Crippen LogP contribution in [0, 0.1) is 0 Å². The first kappa shape index (κ1) is 16.0. The van der Waals surface area contributed by atoms with Crippen LogP contribution in [0.4, 0.5) is 5.69 Å². The van der Waals surface area contributed by atoms with Gasteiger partial charge in [-0.25, -0.2) is 4.98 Å². The summed E-state index contributed by atoms with van der Waals surface area (Å²) in [5, 5.41) is 3.36. The molecule has 0 amide bonds. The number of aromatic nitrogens is 1. The largest absolute Gasteiger partial charge is 0.493 e. The second-order valence-electron chi connectivity index (χ2n) is 4.24. The molecule has 0 aliphatic carbocycles. The monoisotopic (exact) mass is 368 g/mol. The van der Waals surface area contributed by atoms with E-state index in [1.165, 1.54) is 0 Å². The molecule has 0 spiro atoms. The Bertz CT molecular complexity index is 605. The lowest BCUT2D eigenvalue weighted by Crippen LogP contribution is -2.02. The van der Waals surface area contributed by atoms with Gasteiger partial charge in [-0.2, -0.15) is 0 Å². The van der Waals surface area contributed by atoms with Crippen LogP contribution in [0.25, 0.3) is 0 Å². The molecule has 112 valence electrons. The Morgan fingerprint density at radius 2 is 1.90 bits per heavy atom. The maximum absolute atomic E-state index is 5.36. The molecule has 6 heteroatoms. The second-order valence-corrected chi connectivity index (χ2v) is 5.90. The van der Waals surface area contributed by atoms with Crippen LogP contribution in [0.1, 0.15) is 5.56 Å². The first-order valence-electron chi connectivity index (χ1n) is 6.32. The van der Waals surface area contributed by atoms with E-state index >= 15 is 0 Å². The number of hydrogen-bond acceptors (Lipinski definition) is 5. The van der Waals surface area contributed by atoms with E-state index in [9.17, 15) is 0 Å². The molecule has 0 bridgehead atoms. The average molecular weight is 369 g/mol. The summed E-state index contributed by atoms with van der Waals surface area (Å²) in [7, 11) is 3.29. The molecule has 1 N–H and O–H groups in total. The van der Waals surface area contributed by atoms with Gasteiger partial charge < -0.3 is 14.8 Å². The minimum atomic E-state index is 0.694. The molecule has 1 aromatic carbocycles. The van der Waals surface area contributed by atoms with Crippen molar-refractivity contribution in [1.29, 1.82) is 0 Å². The van der Waals surface area contributed by atoms with Crippen molar-refractivity contribution >= 4 is 33.4 Å². The van der Waals surface area contributed by atoms with Gasteiger partial charge in [-0.1, -0.05) is 0 Å². The highest BCUT2D eigenvalue weighted by Gasteiger charge is 2.10. The fourth-order valence-corrected chi connectivity index (χ4v) is 2.76. The zero-order chi connectivity index (χ0) is 15.2. The number of pyridine rings is 1. The molecule has 0 aliphatic heterocycles. The van der Waals surface area contributed by atoms with Gasteiger partial charge in [0.25, 0.3) is 0 Å². The first-order valence-corrected chi connectivity index (χ1v) is 8.34. The molecule has 4 nitrogen and oxygen atoms in total. The summed E-state index contributed by atoms with van der Waals surface area (Å²) >= 11 is 5.01. The molecule has 2 aromatic rings. The quantitative estimate of drug-likeness (QED) is 0.611. The Kier molecular flexibility index (Phi) is 5.76. The van der Waals surface area contributed by atoms with Crippen molar-refractivity contribution in [2.75, 3.05) is 25.8 Å². The standard InChI is InChI=1S/C15H17BrN2O2S/c1-19-12-6-10(14(21-3)7-13(12)20-2)8-17-11-4-5-15(16)18-9-11/h4-7,9,17H,8H2,1-3H3. The van der Waals surface area contributed by atoms with Crippen molar-refractivity contribution in [3.05, 3.63) is 40.6 Å². The molecule has 0 unspecified atom stereocenters. The van der Waals surface area contributed by atoms with Crippen molar-refractivity contribution in [2.45, 2.75) is 11.4 Å². The summed E-state index contributed by atoms with van der Waals surface area (Å²) in [6, 6.07) is 7.90. The predicted octanol–water partition coefficient (Wildman–Crippen LogP) is 4.20. The van der Waals surface area contributed by atoms with E-state index in [-0.39, 0.29) is 0 Å². The van der Waals surface area contributed by atoms with Crippen molar-refractivity contribution in [2.24, 2.45) is 0 Å². The summed E-state index contributed by atoms with van der Waals surface area (Å²) in [6.07, 6.45) is 3.84. The third kappa shape index (κ3) is 4.04. The summed E-state index contributed by atoms with van der Waals surface area (Å²) in [4.78, 5) is 5.36. The lowest BCUT2D eigenvalue weighted by Gasteiger charge is -2.14. The summed E-state index contributed by atoms with van der Waals surface area (Å²) < 4.78 is 11.5. The van der Waals surface area contributed by atoms with E-state index in [1.807, 2.05) is 30.5 Å². The number of anilines is 1. The van der Waals surface area contributed by atoms with Gasteiger partial charge >= 0.3 is 0 Å². The van der Waals surface area contributed by atoms with Gasteiger partial charge in [-0.3, -0.25) is 0 Å². The Labute approximate surface area is 137 Å². The Morgan fingerprint density at radius 1 is 1.19 bits per heavy atom. The minimum absolute atomic E-state index is 0.694. The van der Waals surface area contributed by atoms with Gasteiger partial charge in [-0.15, -0.1) is 11.8 Å². The molecule has 0 saturated carbocycles. The highest BCUT2D eigenvalue weighted by Crippen LogP contribution is 2.34.